The molecule has 2 atom stereocenters. The van der Waals surface area contributed by atoms with Crippen LogP contribution in [0.5, 0.6) is 0 Å². The van der Waals surface area contributed by atoms with Gasteiger partial charge in [-0.05, 0) is 51.5 Å². The zero-order valence-corrected chi connectivity index (χ0v) is 11.1. The lowest BCUT2D eigenvalue weighted by Gasteiger charge is -2.31. The topological polar surface area (TPSA) is 41.6 Å². The van der Waals surface area contributed by atoms with Crippen molar-refractivity contribution in [1.82, 2.24) is 10.2 Å². The second-order valence-electron chi connectivity index (χ2n) is 5.87. The van der Waals surface area contributed by atoms with E-state index in [2.05, 4.69) is 10.2 Å². The largest absolute Gasteiger partial charge is 0.368 e. The molecule has 0 radical (unpaired) electrons. The van der Waals surface area contributed by atoms with Gasteiger partial charge in [0, 0.05) is 25.2 Å². The fourth-order valence-corrected chi connectivity index (χ4v) is 3.08. The van der Waals surface area contributed by atoms with Gasteiger partial charge in [-0.15, -0.1) is 0 Å². The monoisotopic (exact) mass is 252 g/mol. The highest BCUT2D eigenvalue weighted by molar-refractivity contribution is 5.81. The summed E-state index contributed by atoms with van der Waals surface area (Å²) < 4.78 is 5.65. The smallest absolute Gasteiger partial charge is 0.252 e. The Kier molecular flexibility index (Phi) is 3.85. The number of ether oxygens (including phenoxy) is 1. The number of carbonyl (C=O) groups is 1. The molecule has 102 valence electrons. The molecule has 0 spiro atoms. The van der Waals surface area contributed by atoms with Gasteiger partial charge in [-0.1, -0.05) is 0 Å². The molecule has 1 saturated carbocycles. The van der Waals surface area contributed by atoms with Gasteiger partial charge in [0.15, 0.2) is 0 Å². The predicted molar refractivity (Wildman–Crippen MR) is 69.4 cm³/mol. The second kappa shape index (κ2) is 5.57. The number of nitrogens with zero attached hydrogens (tertiary/aromatic N) is 1. The van der Waals surface area contributed by atoms with Crippen molar-refractivity contribution in [2.45, 2.75) is 63.1 Å². The summed E-state index contributed by atoms with van der Waals surface area (Å²) in [4.78, 5) is 14.7. The van der Waals surface area contributed by atoms with Crippen LogP contribution in [0.3, 0.4) is 0 Å². The molecule has 2 heterocycles. The Morgan fingerprint density at radius 3 is 2.67 bits per heavy atom. The van der Waals surface area contributed by atoms with Crippen molar-refractivity contribution in [3.8, 4) is 0 Å². The van der Waals surface area contributed by atoms with Gasteiger partial charge in [0.05, 0.1) is 0 Å². The van der Waals surface area contributed by atoms with Crippen molar-refractivity contribution in [3.05, 3.63) is 0 Å². The minimum absolute atomic E-state index is 0.152. The Bertz CT molecular complexity index is 292. The summed E-state index contributed by atoms with van der Waals surface area (Å²) in [6, 6.07) is 1.02. The summed E-state index contributed by atoms with van der Waals surface area (Å²) in [6.07, 6.45) is 7.84. The van der Waals surface area contributed by atoms with Crippen LogP contribution in [-0.4, -0.2) is 48.7 Å². The first-order valence-corrected chi connectivity index (χ1v) is 7.50. The standard InChI is InChI=1S/C14H24N2O2/c17-14(13-5-1-2-9-18-13)16(12-6-7-12)10-11-4-3-8-15-11/h11-13,15H,1-10H2/t11-,13-/m1/s1. The Balaban J connectivity index is 1.59. The lowest BCUT2D eigenvalue weighted by Crippen LogP contribution is -2.48. The molecular formula is C14H24N2O2. The van der Waals surface area contributed by atoms with Gasteiger partial charge in [-0.2, -0.15) is 0 Å². The summed E-state index contributed by atoms with van der Waals surface area (Å²) in [5.74, 6) is 0.255. The number of hydrogen-bond donors (Lipinski definition) is 1. The Morgan fingerprint density at radius 2 is 2.06 bits per heavy atom. The first-order chi connectivity index (χ1) is 8.84. The van der Waals surface area contributed by atoms with E-state index in [1.165, 1.54) is 25.7 Å². The van der Waals surface area contributed by atoms with Crippen molar-refractivity contribution < 1.29 is 9.53 Å². The quantitative estimate of drug-likeness (QED) is 0.820. The molecule has 3 fully saturated rings. The molecule has 0 unspecified atom stereocenters. The molecule has 18 heavy (non-hydrogen) atoms. The van der Waals surface area contributed by atoms with Crippen LogP contribution in [0.4, 0.5) is 0 Å². The van der Waals surface area contributed by atoms with E-state index in [0.29, 0.717) is 12.1 Å². The van der Waals surface area contributed by atoms with Crippen LogP contribution in [0, 0.1) is 0 Å². The molecule has 3 rings (SSSR count). The van der Waals surface area contributed by atoms with Gasteiger partial charge in [-0.25, -0.2) is 0 Å². The number of amides is 1. The molecule has 2 saturated heterocycles. The van der Waals surface area contributed by atoms with Crippen LogP contribution in [0.15, 0.2) is 0 Å². The molecule has 0 aromatic carbocycles. The van der Waals surface area contributed by atoms with E-state index >= 15 is 0 Å². The fourth-order valence-electron chi connectivity index (χ4n) is 3.08. The number of rotatable bonds is 4. The first kappa shape index (κ1) is 12.4. The van der Waals surface area contributed by atoms with Gasteiger partial charge in [0.2, 0.25) is 0 Å². The lowest BCUT2D eigenvalue weighted by molar-refractivity contribution is -0.147. The molecule has 1 N–H and O–H groups in total. The van der Waals surface area contributed by atoms with Crippen LogP contribution in [0.1, 0.15) is 44.9 Å². The van der Waals surface area contributed by atoms with Crippen molar-refractivity contribution in [2.24, 2.45) is 0 Å². The zero-order chi connectivity index (χ0) is 12.4. The molecule has 0 bridgehead atoms. The number of nitrogens with one attached hydrogen (secondary N) is 1. The van der Waals surface area contributed by atoms with E-state index in [4.69, 9.17) is 4.74 Å². The maximum absolute atomic E-state index is 12.5. The molecule has 0 aromatic heterocycles. The van der Waals surface area contributed by atoms with Crippen LogP contribution < -0.4 is 5.32 Å². The molecule has 3 aliphatic rings. The van der Waals surface area contributed by atoms with E-state index in [1.54, 1.807) is 0 Å². The average molecular weight is 252 g/mol. The van der Waals surface area contributed by atoms with Crippen molar-refractivity contribution in [3.63, 3.8) is 0 Å². The predicted octanol–water partition coefficient (Wildman–Crippen LogP) is 1.30. The molecule has 1 aliphatic carbocycles. The third kappa shape index (κ3) is 2.86. The Hall–Kier alpha value is -0.610. The Morgan fingerprint density at radius 1 is 1.17 bits per heavy atom. The first-order valence-electron chi connectivity index (χ1n) is 7.50. The SMILES string of the molecule is O=C([C@H]1CCCCO1)N(C[C@H]1CCCN1)C1CC1. The van der Waals surface area contributed by atoms with Crippen molar-refractivity contribution >= 4 is 5.91 Å². The summed E-state index contributed by atoms with van der Waals surface area (Å²) in [6.45, 7) is 2.76. The van der Waals surface area contributed by atoms with Crippen molar-refractivity contribution in [2.75, 3.05) is 19.7 Å². The minimum Gasteiger partial charge on any atom is -0.368 e. The number of carbonyl (C=O) groups excluding carboxylic acids is 1. The normalized spacial score (nSPS) is 32.4. The molecule has 1 amide bonds. The minimum atomic E-state index is -0.152. The maximum Gasteiger partial charge on any atom is 0.252 e. The highest BCUT2D eigenvalue weighted by Gasteiger charge is 2.38. The number of hydrogen-bond acceptors (Lipinski definition) is 3. The summed E-state index contributed by atoms with van der Waals surface area (Å²) in [5, 5.41) is 3.49. The lowest BCUT2D eigenvalue weighted by atomic mass is 10.1. The maximum atomic E-state index is 12.5. The van der Waals surface area contributed by atoms with Gasteiger partial charge in [-0.3, -0.25) is 4.79 Å². The molecule has 0 aromatic rings. The summed E-state index contributed by atoms with van der Waals surface area (Å²) in [7, 11) is 0. The van der Waals surface area contributed by atoms with E-state index in [-0.39, 0.29) is 12.0 Å². The molecule has 4 heteroatoms. The molecule has 4 nitrogen and oxygen atoms in total. The third-order valence-corrected chi connectivity index (χ3v) is 4.31. The van der Waals surface area contributed by atoms with Crippen molar-refractivity contribution in [1.29, 1.82) is 0 Å². The molecule has 2 aliphatic heterocycles. The van der Waals surface area contributed by atoms with Gasteiger partial charge in [0.1, 0.15) is 6.10 Å². The van der Waals surface area contributed by atoms with Crippen LogP contribution in [0.25, 0.3) is 0 Å². The van der Waals surface area contributed by atoms with E-state index in [1.807, 2.05) is 0 Å². The fraction of sp³-hybridized carbons (Fsp3) is 0.929. The summed E-state index contributed by atoms with van der Waals surface area (Å²) in [5.41, 5.74) is 0. The van der Waals surface area contributed by atoms with Gasteiger partial charge in [0.25, 0.3) is 5.91 Å². The highest BCUT2D eigenvalue weighted by Crippen LogP contribution is 2.29. The average Bonchev–Trinajstić information content (AvgIpc) is 3.13. The Labute approximate surface area is 109 Å². The molecular weight excluding hydrogens is 228 g/mol. The van der Waals surface area contributed by atoms with Crippen LogP contribution in [-0.2, 0) is 9.53 Å². The third-order valence-electron chi connectivity index (χ3n) is 4.31. The van der Waals surface area contributed by atoms with Crippen LogP contribution >= 0.6 is 0 Å². The van der Waals surface area contributed by atoms with Gasteiger partial charge < -0.3 is 15.0 Å². The van der Waals surface area contributed by atoms with Gasteiger partial charge >= 0.3 is 0 Å². The summed E-state index contributed by atoms with van der Waals surface area (Å²) >= 11 is 0. The zero-order valence-electron chi connectivity index (χ0n) is 11.1. The van der Waals surface area contributed by atoms with E-state index < -0.39 is 0 Å². The second-order valence-corrected chi connectivity index (χ2v) is 5.87. The highest BCUT2D eigenvalue weighted by atomic mass is 16.5. The van der Waals surface area contributed by atoms with E-state index in [0.717, 1.165) is 39.0 Å². The van der Waals surface area contributed by atoms with Crippen LogP contribution in [0.2, 0.25) is 0 Å². The van der Waals surface area contributed by atoms with E-state index in [9.17, 15) is 4.79 Å².